The predicted molar refractivity (Wildman–Crippen MR) is 202 cm³/mol. The van der Waals surface area contributed by atoms with Crippen LogP contribution in [0.15, 0.2) is 170 Å². The molecule has 8 aromatic rings. The highest BCUT2D eigenvalue weighted by Gasteiger charge is 2.28. The number of rotatable bonds is 4. The van der Waals surface area contributed by atoms with Gasteiger partial charge in [0.1, 0.15) is 0 Å². The normalized spacial score (nSPS) is 13.3. The molecule has 0 bridgehead atoms. The van der Waals surface area contributed by atoms with E-state index in [0.29, 0.717) is 5.69 Å². The van der Waals surface area contributed by atoms with Crippen LogP contribution in [0.1, 0.15) is 11.1 Å². The summed E-state index contributed by atoms with van der Waals surface area (Å²) in [6, 6.07) is 46.5. The van der Waals surface area contributed by atoms with Crippen LogP contribution in [0.5, 0.6) is 0 Å². The van der Waals surface area contributed by atoms with E-state index < -0.39 is 0 Å². The summed E-state index contributed by atoms with van der Waals surface area (Å²) < 4.78 is 0. The second-order valence-electron chi connectivity index (χ2n) is 12.2. The molecule has 4 heteroatoms. The molecule has 2 N–H and O–H groups in total. The first kappa shape index (κ1) is 27.8. The van der Waals surface area contributed by atoms with Gasteiger partial charge in [0.2, 0.25) is 0 Å². The Kier molecular flexibility index (Phi) is 6.41. The first-order valence-corrected chi connectivity index (χ1v) is 16.1. The van der Waals surface area contributed by atoms with Gasteiger partial charge in [0, 0.05) is 40.8 Å². The molecule has 48 heavy (non-hydrogen) atoms. The van der Waals surface area contributed by atoms with Crippen molar-refractivity contribution >= 4 is 65.7 Å². The number of hydrogen-bond donors (Lipinski definition) is 1. The van der Waals surface area contributed by atoms with Crippen molar-refractivity contribution in [1.82, 2.24) is 9.97 Å². The number of allylic oxidation sites excluding steroid dienone is 3. The molecule has 4 nitrogen and oxygen atoms in total. The van der Waals surface area contributed by atoms with E-state index in [1.165, 1.54) is 26.9 Å². The smallest absolute Gasteiger partial charge is 0.0986 e. The fraction of sp³-hybridized carbons (Fsp3) is 0. The Morgan fingerprint density at radius 2 is 1.29 bits per heavy atom. The number of nitrogens with two attached hydrogens (primary N) is 1. The number of aromatic nitrogens is 2. The number of fused-ring (bicyclic) bond motifs is 5. The number of anilines is 2. The van der Waals surface area contributed by atoms with Crippen molar-refractivity contribution < 1.29 is 0 Å². The van der Waals surface area contributed by atoms with Crippen molar-refractivity contribution in [3.05, 3.63) is 182 Å². The van der Waals surface area contributed by atoms with Gasteiger partial charge in [-0.2, -0.15) is 0 Å². The van der Waals surface area contributed by atoms with E-state index >= 15 is 0 Å². The predicted octanol–water partition coefficient (Wildman–Crippen LogP) is 10.8. The molecule has 226 valence electrons. The minimum absolute atomic E-state index is 0.638. The van der Waals surface area contributed by atoms with Crippen LogP contribution in [0, 0.1) is 0 Å². The molecule has 0 amide bonds. The van der Waals surface area contributed by atoms with Crippen LogP contribution in [-0.2, 0) is 0 Å². The Balaban J connectivity index is 1.38. The lowest BCUT2D eigenvalue weighted by molar-refractivity contribution is 1.19. The quantitative estimate of drug-likeness (QED) is 0.200. The van der Waals surface area contributed by atoms with Gasteiger partial charge in [-0.1, -0.05) is 116 Å². The van der Waals surface area contributed by atoms with Gasteiger partial charge in [-0.3, -0.25) is 4.98 Å². The van der Waals surface area contributed by atoms with Gasteiger partial charge >= 0.3 is 0 Å². The molecule has 1 aliphatic heterocycles. The summed E-state index contributed by atoms with van der Waals surface area (Å²) in [6.07, 6.45) is 8.08. The number of hydrogen-bond acceptors (Lipinski definition) is 4. The summed E-state index contributed by atoms with van der Waals surface area (Å²) in [7, 11) is 0. The molecule has 3 heterocycles. The van der Waals surface area contributed by atoms with E-state index in [0.717, 1.165) is 61.2 Å². The summed E-state index contributed by atoms with van der Waals surface area (Å²) in [6.45, 7) is 4.75. The van der Waals surface area contributed by atoms with Crippen LogP contribution in [0.2, 0.25) is 0 Å². The SMILES string of the molecule is C=C1C(c2cccc3ccccc23)=CC(c2cc3ccccc3c3ccccc23)=CN1c1c(-c2cccnc2)nc2ccccc2c1N. The van der Waals surface area contributed by atoms with E-state index in [-0.39, 0.29) is 0 Å². The molecule has 9 rings (SSSR count). The lowest BCUT2D eigenvalue weighted by Gasteiger charge is -2.33. The highest BCUT2D eigenvalue weighted by atomic mass is 15.2. The second kappa shape index (κ2) is 11.1. The second-order valence-corrected chi connectivity index (χ2v) is 12.2. The van der Waals surface area contributed by atoms with Gasteiger partial charge in [0.05, 0.1) is 22.6 Å². The molecule has 0 radical (unpaired) electrons. The first-order chi connectivity index (χ1) is 23.7. The van der Waals surface area contributed by atoms with Crippen LogP contribution in [-0.4, -0.2) is 9.97 Å². The topological polar surface area (TPSA) is 55.0 Å². The van der Waals surface area contributed by atoms with E-state index in [1.54, 1.807) is 6.20 Å². The fourth-order valence-corrected chi connectivity index (χ4v) is 7.13. The molecular formula is C44H30N4. The molecule has 0 aliphatic carbocycles. The van der Waals surface area contributed by atoms with Crippen LogP contribution in [0.4, 0.5) is 11.4 Å². The van der Waals surface area contributed by atoms with Gasteiger partial charge in [-0.05, 0) is 79.4 Å². The van der Waals surface area contributed by atoms with Gasteiger partial charge < -0.3 is 10.6 Å². The summed E-state index contributed by atoms with van der Waals surface area (Å²) in [4.78, 5) is 11.8. The van der Waals surface area contributed by atoms with Gasteiger partial charge in [0.25, 0.3) is 0 Å². The first-order valence-electron chi connectivity index (χ1n) is 16.1. The monoisotopic (exact) mass is 614 g/mol. The standard InChI is InChI=1S/C44H30N4/c1-28-39(36-21-10-14-29-12-2-4-16-33(29)36)25-32(40-24-30-13-3-5-17-34(30)35-18-6-7-19-37(35)40)27-48(28)44-42(45)38-20-8-9-22-41(38)47-43(44)31-15-11-23-46-26-31/h2-27H,1H2,(H2,45,47). The van der Waals surface area contributed by atoms with Crippen molar-refractivity contribution in [2.45, 2.75) is 0 Å². The minimum Gasteiger partial charge on any atom is -0.396 e. The highest BCUT2D eigenvalue weighted by Crippen LogP contribution is 2.47. The largest absolute Gasteiger partial charge is 0.396 e. The maximum absolute atomic E-state index is 7.18. The van der Waals surface area contributed by atoms with Crippen LogP contribution in [0.3, 0.4) is 0 Å². The third-order valence-corrected chi connectivity index (χ3v) is 9.41. The van der Waals surface area contributed by atoms with Gasteiger partial charge in [0.15, 0.2) is 0 Å². The molecule has 6 aromatic carbocycles. The number of para-hydroxylation sites is 1. The van der Waals surface area contributed by atoms with E-state index in [4.69, 9.17) is 17.3 Å². The molecule has 1 aliphatic rings. The average molecular weight is 615 g/mol. The van der Waals surface area contributed by atoms with Crippen LogP contribution >= 0.6 is 0 Å². The molecule has 0 fully saturated rings. The van der Waals surface area contributed by atoms with Crippen LogP contribution in [0.25, 0.3) is 65.6 Å². The van der Waals surface area contributed by atoms with Crippen molar-refractivity contribution in [3.63, 3.8) is 0 Å². The Hall–Kier alpha value is -6.52. The van der Waals surface area contributed by atoms with Crippen molar-refractivity contribution in [2.75, 3.05) is 10.6 Å². The van der Waals surface area contributed by atoms with Gasteiger partial charge in [-0.15, -0.1) is 0 Å². The summed E-state index contributed by atoms with van der Waals surface area (Å²) >= 11 is 0. The molecule has 0 spiro atoms. The van der Waals surface area contributed by atoms with Crippen molar-refractivity contribution in [2.24, 2.45) is 0 Å². The third-order valence-electron chi connectivity index (χ3n) is 9.41. The average Bonchev–Trinajstić information content (AvgIpc) is 3.15. The Labute approximate surface area is 278 Å². The Morgan fingerprint density at radius 3 is 2.10 bits per heavy atom. The fourth-order valence-electron chi connectivity index (χ4n) is 7.13. The summed E-state index contributed by atoms with van der Waals surface area (Å²) in [5, 5.41) is 8.03. The molecule has 0 saturated heterocycles. The highest BCUT2D eigenvalue weighted by molar-refractivity contribution is 6.15. The Bertz CT molecular complexity index is 2650. The number of nitrogens with zero attached hydrogens (tertiary/aromatic N) is 3. The number of benzene rings is 6. The minimum atomic E-state index is 0.638. The molecular weight excluding hydrogens is 585 g/mol. The Morgan fingerprint density at radius 1 is 0.604 bits per heavy atom. The molecule has 0 saturated carbocycles. The van der Waals surface area contributed by atoms with E-state index in [9.17, 15) is 0 Å². The lowest BCUT2D eigenvalue weighted by atomic mass is 9.88. The summed E-state index contributed by atoms with van der Waals surface area (Å²) in [5.41, 5.74) is 16.2. The third kappa shape index (κ3) is 4.38. The molecule has 0 atom stereocenters. The maximum atomic E-state index is 7.18. The molecule has 0 unspecified atom stereocenters. The van der Waals surface area contributed by atoms with E-state index in [1.807, 2.05) is 42.6 Å². The van der Waals surface area contributed by atoms with Crippen molar-refractivity contribution in [1.29, 1.82) is 0 Å². The van der Waals surface area contributed by atoms with Gasteiger partial charge in [-0.25, -0.2) is 4.98 Å². The maximum Gasteiger partial charge on any atom is 0.0986 e. The lowest BCUT2D eigenvalue weighted by Crippen LogP contribution is -2.22. The zero-order valence-corrected chi connectivity index (χ0v) is 26.1. The van der Waals surface area contributed by atoms with E-state index in [2.05, 4.69) is 119 Å². The number of nitrogen functional groups attached to an aromatic ring is 1. The van der Waals surface area contributed by atoms with Crippen LogP contribution < -0.4 is 10.6 Å². The zero-order chi connectivity index (χ0) is 32.2. The number of pyridine rings is 2. The van der Waals surface area contributed by atoms with Crippen molar-refractivity contribution in [3.8, 4) is 11.3 Å². The molecule has 2 aromatic heterocycles. The zero-order valence-electron chi connectivity index (χ0n) is 26.1. The summed E-state index contributed by atoms with van der Waals surface area (Å²) in [5.74, 6) is 0.